The third-order valence-electron chi connectivity index (χ3n) is 7.10. The van der Waals surface area contributed by atoms with Crippen LogP contribution < -0.4 is 9.62 Å². The Hall–Kier alpha value is -2.78. The van der Waals surface area contributed by atoms with Crippen molar-refractivity contribution in [1.29, 1.82) is 0 Å². The molecule has 1 saturated carbocycles. The maximum atomic E-state index is 14.1. The van der Waals surface area contributed by atoms with Crippen LogP contribution >= 0.6 is 34.8 Å². The average molecular weight is 637 g/mol. The molecule has 41 heavy (non-hydrogen) atoms. The van der Waals surface area contributed by atoms with Gasteiger partial charge in [0.1, 0.15) is 12.6 Å². The molecule has 3 aromatic carbocycles. The summed E-state index contributed by atoms with van der Waals surface area (Å²) in [5.41, 5.74) is 0.882. The van der Waals surface area contributed by atoms with Crippen molar-refractivity contribution in [3.05, 3.63) is 93.4 Å². The van der Waals surface area contributed by atoms with Crippen LogP contribution in [0.2, 0.25) is 15.1 Å². The predicted octanol–water partition coefficient (Wildman–Crippen LogP) is 6.71. The molecule has 218 valence electrons. The van der Waals surface area contributed by atoms with Gasteiger partial charge in [-0.1, -0.05) is 84.9 Å². The highest BCUT2D eigenvalue weighted by atomic mass is 35.5. The van der Waals surface area contributed by atoms with Crippen molar-refractivity contribution in [1.82, 2.24) is 10.2 Å². The second-order valence-corrected chi connectivity index (χ2v) is 13.2. The van der Waals surface area contributed by atoms with Crippen LogP contribution in [0.25, 0.3) is 0 Å². The molecule has 1 N–H and O–H groups in total. The highest BCUT2D eigenvalue weighted by molar-refractivity contribution is 7.92. The maximum absolute atomic E-state index is 14.1. The number of hydrogen-bond acceptors (Lipinski definition) is 4. The zero-order valence-electron chi connectivity index (χ0n) is 22.6. The molecule has 3 aromatic rings. The first-order chi connectivity index (χ1) is 19.6. The van der Waals surface area contributed by atoms with Gasteiger partial charge in [0.05, 0.1) is 10.6 Å². The highest BCUT2D eigenvalue weighted by Crippen LogP contribution is 2.30. The molecule has 0 unspecified atom stereocenters. The fraction of sp³-hybridized carbons (Fsp3) is 0.333. The normalized spacial score (nSPS) is 14.4. The quantitative estimate of drug-likeness (QED) is 0.254. The molecule has 0 spiro atoms. The van der Waals surface area contributed by atoms with E-state index in [2.05, 4.69) is 5.32 Å². The molecule has 1 fully saturated rings. The zero-order chi connectivity index (χ0) is 29.6. The van der Waals surface area contributed by atoms with Crippen LogP contribution in [0, 0.1) is 0 Å². The topological polar surface area (TPSA) is 86.8 Å². The molecule has 1 atom stereocenters. The first-order valence-electron chi connectivity index (χ1n) is 13.5. The molecule has 1 aliphatic rings. The number of anilines is 1. The van der Waals surface area contributed by atoms with Gasteiger partial charge in [-0.3, -0.25) is 13.9 Å². The number of halogens is 3. The lowest BCUT2D eigenvalue weighted by molar-refractivity contribution is -0.140. The number of benzene rings is 3. The van der Waals surface area contributed by atoms with E-state index in [9.17, 15) is 18.0 Å². The molecule has 0 saturated heterocycles. The fourth-order valence-electron chi connectivity index (χ4n) is 5.01. The lowest BCUT2D eigenvalue weighted by Crippen LogP contribution is -2.53. The van der Waals surface area contributed by atoms with Crippen molar-refractivity contribution in [2.24, 2.45) is 0 Å². The van der Waals surface area contributed by atoms with Gasteiger partial charge in [-0.2, -0.15) is 0 Å². The summed E-state index contributed by atoms with van der Waals surface area (Å²) < 4.78 is 28.8. The van der Waals surface area contributed by atoms with Crippen LogP contribution in [-0.2, 0) is 26.2 Å². The minimum atomic E-state index is -4.22. The van der Waals surface area contributed by atoms with Crippen molar-refractivity contribution in [2.75, 3.05) is 10.8 Å². The molecular formula is C30H32Cl3N3O4S. The van der Waals surface area contributed by atoms with E-state index in [4.69, 9.17) is 34.8 Å². The number of hydrogen-bond donors (Lipinski definition) is 1. The summed E-state index contributed by atoms with van der Waals surface area (Å²) in [6.45, 7) is 1.34. The SMILES string of the molecule is CC[C@@H](C(=O)NC1CCCC1)N(Cc1ccc(Cl)cc1)C(=O)CN(c1cc(Cl)cc(Cl)c1)S(=O)(=O)c1ccccc1. The predicted molar refractivity (Wildman–Crippen MR) is 164 cm³/mol. The Morgan fingerprint density at radius 2 is 1.51 bits per heavy atom. The van der Waals surface area contributed by atoms with Gasteiger partial charge in [-0.05, 0) is 67.3 Å². The van der Waals surface area contributed by atoms with E-state index < -0.39 is 28.5 Å². The Kier molecular flexibility index (Phi) is 10.6. The molecule has 1 aliphatic carbocycles. The number of amides is 2. The summed E-state index contributed by atoms with van der Waals surface area (Å²) in [5, 5.41) is 4.07. The summed E-state index contributed by atoms with van der Waals surface area (Å²) in [6, 6.07) is 18.4. The minimum Gasteiger partial charge on any atom is -0.352 e. The van der Waals surface area contributed by atoms with Crippen LogP contribution in [0.3, 0.4) is 0 Å². The Morgan fingerprint density at radius 1 is 0.902 bits per heavy atom. The van der Waals surface area contributed by atoms with E-state index in [0.29, 0.717) is 11.4 Å². The van der Waals surface area contributed by atoms with Gasteiger partial charge in [0.25, 0.3) is 10.0 Å². The highest BCUT2D eigenvalue weighted by Gasteiger charge is 2.34. The van der Waals surface area contributed by atoms with Crippen LogP contribution in [0.1, 0.15) is 44.6 Å². The van der Waals surface area contributed by atoms with Crippen LogP contribution in [0.4, 0.5) is 5.69 Å². The van der Waals surface area contributed by atoms with E-state index in [1.807, 2.05) is 6.92 Å². The van der Waals surface area contributed by atoms with Crippen LogP contribution in [0.15, 0.2) is 77.7 Å². The number of carbonyl (C=O) groups is 2. The van der Waals surface area contributed by atoms with Gasteiger partial charge in [0, 0.05) is 27.7 Å². The summed E-state index contributed by atoms with van der Waals surface area (Å²) in [7, 11) is -4.22. The zero-order valence-corrected chi connectivity index (χ0v) is 25.7. The third-order valence-corrected chi connectivity index (χ3v) is 9.58. The molecule has 4 rings (SSSR count). The number of nitrogens with zero attached hydrogens (tertiary/aromatic N) is 2. The number of rotatable bonds is 11. The van der Waals surface area contributed by atoms with E-state index in [1.165, 1.54) is 35.2 Å². The van der Waals surface area contributed by atoms with Crippen molar-refractivity contribution in [3.63, 3.8) is 0 Å². The molecule has 0 radical (unpaired) electrons. The van der Waals surface area contributed by atoms with Gasteiger partial charge in [0.2, 0.25) is 11.8 Å². The van der Waals surface area contributed by atoms with Crippen LogP contribution in [-0.4, -0.2) is 43.8 Å². The van der Waals surface area contributed by atoms with Crippen molar-refractivity contribution in [2.45, 2.75) is 62.6 Å². The number of carbonyl (C=O) groups excluding carboxylic acids is 2. The van der Waals surface area contributed by atoms with Crippen molar-refractivity contribution in [3.8, 4) is 0 Å². The molecule has 11 heteroatoms. The third kappa shape index (κ3) is 7.95. The van der Waals surface area contributed by atoms with Gasteiger partial charge in [-0.25, -0.2) is 8.42 Å². The molecule has 0 aromatic heterocycles. The minimum absolute atomic E-state index is 0.000771. The number of sulfonamides is 1. The van der Waals surface area contributed by atoms with Gasteiger partial charge in [-0.15, -0.1) is 0 Å². The molecule has 2 amide bonds. The number of nitrogens with one attached hydrogen (secondary N) is 1. The summed E-state index contributed by atoms with van der Waals surface area (Å²) in [5.74, 6) is -0.811. The molecule has 7 nitrogen and oxygen atoms in total. The van der Waals surface area contributed by atoms with Crippen molar-refractivity contribution >= 4 is 62.3 Å². The van der Waals surface area contributed by atoms with E-state index >= 15 is 0 Å². The first-order valence-corrected chi connectivity index (χ1v) is 16.0. The van der Waals surface area contributed by atoms with E-state index in [-0.39, 0.29) is 39.1 Å². The maximum Gasteiger partial charge on any atom is 0.264 e. The fourth-order valence-corrected chi connectivity index (χ4v) is 7.06. The molecule has 0 aliphatic heterocycles. The molecule has 0 bridgehead atoms. The Morgan fingerprint density at radius 3 is 2.10 bits per heavy atom. The molecule has 0 heterocycles. The van der Waals surface area contributed by atoms with Gasteiger partial charge >= 0.3 is 0 Å². The lowest BCUT2D eigenvalue weighted by atomic mass is 10.1. The Bertz CT molecular complexity index is 1440. The van der Waals surface area contributed by atoms with Crippen molar-refractivity contribution < 1.29 is 18.0 Å². The van der Waals surface area contributed by atoms with Crippen LogP contribution in [0.5, 0.6) is 0 Å². The van der Waals surface area contributed by atoms with E-state index in [0.717, 1.165) is 35.6 Å². The summed E-state index contributed by atoms with van der Waals surface area (Å²) >= 11 is 18.6. The summed E-state index contributed by atoms with van der Waals surface area (Å²) in [4.78, 5) is 29.1. The Labute approximate surface area is 256 Å². The standard InChI is InChI=1S/C30H32Cl3N3O4S/c1-2-28(30(38)34-25-8-6-7-9-25)35(19-21-12-14-22(31)15-13-21)29(37)20-36(26-17-23(32)16-24(33)18-26)41(39,40)27-10-4-3-5-11-27/h3-5,10-18,25,28H,2,6-9,19-20H2,1H3,(H,34,38)/t28-/m0/s1. The lowest BCUT2D eigenvalue weighted by Gasteiger charge is -2.34. The average Bonchev–Trinajstić information content (AvgIpc) is 3.45. The van der Waals surface area contributed by atoms with Gasteiger partial charge < -0.3 is 10.2 Å². The second kappa shape index (κ2) is 13.9. The first kappa shape index (κ1) is 31.2. The largest absolute Gasteiger partial charge is 0.352 e. The summed E-state index contributed by atoms with van der Waals surface area (Å²) in [6.07, 6.45) is 4.22. The monoisotopic (exact) mass is 635 g/mol. The van der Waals surface area contributed by atoms with Gasteiger partial charge in [0.15, 0.2) is 0 Å². The smallest absolute Gasteiger partial charge is 0.264 e. The van der Waals surface area contributed by atoms with E-state index in [1.54, 1.807) is 42.5 Å². The molecular weight excluding hydrogens is 605 g/mol. The Balaban J connectivity index is 1.72. The second-order valence-electron chi connectivity index (χ2n) is 10.0.